The first-order chi connectivity index (χ1) is 10.2. The van der Waals surface area contributed by atoms with Gasteiger partial charge in [-0.3, -0.25) is 4.79 Å². The van der Waals surface area contributed by atoms with Crippen LogP contribution in [0.2, 0.25) is 0 Å². The first kappa shape index (κ1) is 16.0. The van der Waals surface area contributed by atoms with Crippen LogP contribution in [0.4, 0.5) is 0 Å². The van der Waals surface area contributed by atoms with Crippen molar-refractivity contribution < 1.29 is 4.79 Å². The van der Waals surface area contributed by atoms with Crippen molar-refractivity contribution in [1.82, 2.24) is 10.6 Å². The molecular weight excluding hydrogens is 260 g/mol. The molecule has 21 heavy (non-hydrogen) atoms. The summed E-state index contributed by atoms with van der Waals surface area (Å²) in [4.78, 5) is 12.5. The Kier molecular flexibility index (Phi) is 6.24. The quantitative estimate of drug-likeness (QED) is 0.809. The Balaban J connectivity index is 1.91. The van der Waals surface area contributed by atoms with Crippen LogP contribution >= 0.6 is 0 Å². The summed E-state index contributed by atoms with van der Waals surface area (Å²) in [6.45, 7) is 5.17. The second-order valence-corrected chi connectivity index (χ2v) is 6.04. The number of amides is 1. The molecule has 0 spiro atoms. The van der Waals surface area contributed by atoms with Gasteiger partial charge < -0.3 is 10.6 Å². The fourth-order valence-electron chi connectivity index (χ4n) is 3.03. The standard InChI is InChI=1S/C18H28N2O/c1-3-5-11-16(8-4-2)20-18(21)17-12-14-9-6-7-10-15(14)13-19-17/h6-7,9-10,16-17,19H,3-5,8,11-13H2,1-2H3,(H,20,21). The van der Waals surface area contributed by atoms with Crippen molar-refractivity contribution in [1.29, 1.82) is 0 Å². The molecule has 1 aliphatic heterocycles. The Hall–Kier alpha value is -1.35. The number of hydrogen-bond donors (Lipinski definition) is 2. The van der Waals surface area contributed by atoms with Crippen LogP contribution in [0, 0.1) is 0 Å². The van der Waals surface area contributed by atoms with Gasteiger partial charge in [-0.1, -0.05) is 57.4 Å². The second kappa shape index (κ2) is 8.18. The summed E-state index contributed by atoms with van der Waals surface area (Å²) < 4.78 is 0. The summed E-state index contributed by atoms with van der Waals surface area (Å²) in [6, 6.07) is 8.64. The monoisotopic (exact) mass is 288 g/mol. The van der Waals surface area contributed by atoms with Crippen molar-refractivity contribution in [2.45, 2.75) is 71.0 Å². The first-order valence-corrected chi connectivity index (χ1v) is 8.35. The molecule has 116 valence electrons. The number of carbonyl (C=O) groups excluding carboxylic acids is 1. The molecule has 1 heterocycles. The summed E-state index contributed by atoms with van der Waals surface area (Å²) in [5.41, 5.74) is 2.62. The fraction of sp³-hybridized carbons (Fsp3) is 0.611. The number of hydrogen-bond acceptors (Lipinski definition) is 2. The van der Waals surface area contributed by atoms with Crippen LogP contribution in [-0.2, 0) is 17.8 Å². The highest BCUT2D eigenvalue weighted by Gasteiger charge is 2.25. The molecule has 1 aromatic carbocycles. The molecule has 0 saturated carbocycles. The van der Waals surface area contributed by atoms with E-state index < -0.39 is 0 Å². The third kappa shape index (κ3) is 4.57. The molecule has 0 radical (unpaired) electrons. The van der Waals surface area contributed by atoms with Crippen molar-refractivity contribution in [2.75, 3.05) is 0 Å². The molecular formula is C18H28N2O. The van der Waals surface area contributed by atoms with Crippen molar-refractivity contribution >= 4 is 5.91 Å². The maximum Gasteiger partial charge on any atom is 0.237 e. The van der Waals surface area contributed by atoms with Gasteiger partial charge in [-0.15, -0.1) is 0 Å². The number of fused-ring (bicyclic) bond motifs is 1. The molecule has 1 aromatic rings. The average molecular weight is 288 g/mol. The molecule has 0 fully saturated rings. The minimum absolute atomic E-state index is 0.0825. The van der Waals surface area contributed by atoms with Crippen LogP contribution in [0.15, 0.2) is 24.3 Å². The Bertz CT molecular complexity index is 458. The molecule has 2 rings (SSSR count). The number of carbonyl (C=O) groups is 1. The van der Waals surface area contributed by atoms with Gasteiger partial charge in [0, 0.05) is 12.6 Å². The number of benzene rings is 1. The lowest BCUT2D eigenvalue weighted by Crippen LogP contribution is -2.50. The fourth-order valence-corrected chi connectivity index (χ4v) is 3.03. The van der Waals surface area contributed by atoms with Crippen molar-refractivity contribution in [3.05, 3.63) is 35.4 Å². The van der Waals surface area contributed by atoms with E-state index in [2.05, 4.69) is 48.7 Å². The SMILES string of the molecule is CCCCC(CCC)NC(=O)C1Cc2ccccc2CN1. The van der Waals surface area contributed by atoms with Gasteiger partial charge in [-0.2, -0.15) is 0 Å². The summed E-state index contributed by atoms with van der Waals surface area (Å²) >= 11 is 0. The molecule has 1 aliphatic rings. The van der Waals surface area contributed by atoms with Crippen molar-refractivity contribution in [3.63, 3.8) is 0 Å². The third-order valence-electron chi connectivity index (χ3n) is 4.29. The topological polar surface area (TPSA) is 41.1 Å². The van der Waals surface area contributed by atoms with Crippen LogP contribution in [0.3, 0.4) is 0 Å². The van der Waals surface area contributed by atoms with E-state index in [1.54, 1.807) is 0 Å². The van der Waals surface area contributed by atoms with Gasteiger partial charge >= 0.3 is 0 Å². The molecule has 3 heteroatoms. The van der Waals surface area contributed by atoms with Crippen LogP contribution in [-0.4, -0.2) is 18.0 Å². The lowest BCUT2D eigenvalue weighted by Gasteiger charge is -2.27. The predicted octanol–water partition coefficient (Wildman–Crippen LogP) is 3.18. The smallest absolute Gasteiger partial charge is 0.237 e. The summed E-state index contributed by atoms with van der Waals surface area (Å²) in [7, 11) is 0. The van der Waals surface area contributed by atoms with E-state index in [1.165, 1.54) is 24.0 Å². The summed E-state index contributed by atoms with van der Waals surface area (Å²) in [5.74, 6) is 0.166. The van der Waals surface area contributed by atoms with E-state index in [0.29, 0.717) is 6.04 Å². The molecule has 2 atom stereocenters. The number of unbranched alkanes of at least 4 members (excludes halogenated alkanes) is 1. The van der Waals surface area contributed by atoms with Crippen LogP contribution in [0.1, 0.15) is 57.1 Å². The molecule has 3 nitrogen and oxygen atoms in total. The van der Waals surface area contributed by atoms with Crippen molar-refractivity contribution in [3.8, 4) is 0 Å². The van der Waals surface area contributed by atoms with E-state index in [9.17, 15) is 4.79 Å². The molecule has 0 aromatic heterocycles. The van der Waals surface area contributed by atoms with Gasteiger partial charge in [0.1, 0.15) is 0 Å². The molecule has 0 bridgehead atoms. The maximum absolute atomic E-state index is 12.5. The van der Waals surface area contributed by atoms with Gasteiger partial charge in [-0.05, 0) is 30.4 Å². The lowest BCUT2D eigenvalue weighted by molar-refractivity contribution is -0.124. The summed E-state index contributed by atoms with van der Waals surface area (Å²) in [5, 5.41) is 6.62. The van der Waals surface area contributed by atoms with Gasteiger partial charge in [-0.25, -0.2) is 0 Å². The van der Waals surface area contributed by atoms with Gasteiger partial charge in [0.05, 0.1) is 6.04 Å². The zero-order chi connectivity index (χ0) is 15.1. The van der Waals surface area contributed by atoms with Gasteiger partial charge in [0.2, 0.25) is 5.91 Å². The van der Waals surface area contributed by atoms with E-state index in [4.69, 9.17) is 0 Å². The zero-order valence-electron chi connectivity index (χ0n) is 13.3. The number of nitrogens with one attached hydrogen (secondary N) is 2. The zero-order valence-corrected chi connectivity index (χ0v) is 13.3. The van der Waals surface area contributed by atoms with Crippen molar-refractivity contribution in [2.24, 2.45) is 0 Å². The van der Waals surface area contributed by atoms with E-state index in [1.807, 2.05) is 0 Å². The highest BCUT2D eigenvalue weighted by atomic mass is 16.2. The second-order valence-electron chi connectivity index (χ2n) is 6.04. The Morgan fingerprint density at radius 3 is 2.71 bits per heavy atom. The predicted molar refractivity (Wildman–Crippen MR) is 87.1 cm³/mol. The van der Waals surface area contributed by atoms with Crippen LogP contribution in [0.5, 0.6) is 0 Å². The minimum atomic E-state index is -0.0825. The van der Waals surface area contributed by atoms with Gasteiger partial charge in [0.15, 0.2) is 0 Å². The lowest BCUT2D eigenvalue weighted by atomic mass is 9.95. The molecule has 0 aliphatic carbocycles. The average Bonchev–Trinajstić information content (AvgIpc) is 2.52. The molecule has 0 saturated heterocycles. The molecule has 1 amide bonds. The third-order valence-corrected chi connectivity index (χ3v) is 4.29. The van der Waals surface area contributed by atoms with Crippen LogP contribution < -0.4 is 10.6 Å². The minimum Gasteiger partial charge on any atom is -0.352 e. The van der Waals surface area contributed by atoms with Crippen LogP contribution in [0.25, 0.3) is 0 Å². The Labute approximate surface area is 128 Å². The van der Waals surface area contributed by atoms with E-state index in [-0.39, 0.29) is 11.9 Å². The number of rotatable bonds is 7. The van der Waals surface area contributed by atoms with E-state index in [0.717, 1.165) is 32.2 Å². The Morgan fingerprint density at radius 1 is 1.24 bits per heavy atom. The normalized spacial score (nSPS) is 18.9. The molecule has 2 N–H and O–H groups in total. The maximum atomic E-state index is 12.5. The first-order valence-electron chi connectivity index (χ1n) is 8.35. The highest BCUT2D eigenvalue weighted by Crippen LogP contribution is 2.17. The summed E-state index contributed by atoms with van der Waals surface area (Å²) in [6.07, 6.45) is 6.47. The molecule has 2 unspecified atom stereocenters. The van der Waals surface area contributed by atoms with E-state index >= 15 is 0 Å². The largest absolute Gasteiger partial charge is 0.352 e. The van der Waals surface area contributed by atoms with Gasteiger partial charge in [0.25, 0.3) is 0 Å². The Morgan fingerprint density at radius 2 is 2.00 bits per heavy atom. The highest BCUT2D eigenvalue weighted by molar-refractivity contribution is 5.82.